The molecule has 4 unspecified atom stereocenters. The number of amides is 2. The number of hydrogen-bond acceptors (Lipinski definition) is 6. The number of benzene rings is 1. The fourth-order valence-corrected chi connectivity index (χ4v) is 6.49. The number of ether oxygens (including phenoxy) is 1. The summed E-state index contributed by atoms with van der Waals surface area (Å²) in [4.78, 5) is 29.8. The Morgan fingerprint density at radius 3 is 2.80 bits per heavy atom. The minimum atomic E-state index is -0.530. The van der Waals surface area contributed by atoms with Crippen molar-refractivity contribution in [2.45, 2.75) is 52.0 Å². The molecule has 212 valence electrons. The lowest BCUT2D eigenvalue weighted by molar-refractivity contribution is -0.117. The molecule has 4 atom stereocenters. The second-order valence-corrected chi connectivity index (χ2v) is 11.3. The third-order valence-electron chi connectivity index (χ3n) is 8.60. The summed E-state index contributed by atoms with van der Waals surface area (Å²) in [5.41, 5.74) is 10.3. The third-order valence-corrected chi connectivity index (χ3v) is 8.60. The summed E-state index contributed by atoms with van der Waals surface area (Å²) in [7, 11) is 0. The Hall–Kier alpha value is -4.54. The number of hydrogen-bond donors (Lipinski definition) is 3. The van der Waals surface area contributed by atoms with Crippen LogP contribution in [0.3, 0.4) is 0 Å². The predicted molar refractivity (Wildman–Crippen MR) is 150 cm³/mol. The molecule has 6 rings (SSSR count). The highest BCUT2D eigenvalue weighted by Crippen LogP contribution is 2.67. The van der Waals surface area contributed by atoms with Crippen molar-refractivity contribution in [3.05, 3.63) is 77.3 Å². The summed E-state index contributed by atoms with van der Waals surface area (Å²) in [6.45, 7) is 6.28. The van der Waals surface area contributed by atoms with Crippen molar-refractivity contribution in [1.29, 1.82) is 0 Å². The SMILES string of the molecule is Cc1n[nH]c(C)c1-c1ccc(NC(=O)CC2c3cc(F)ccc3OCC23CC3CC(C)n2nccc2C(N)=O)cn1. The van der Waals surface area contributed by atoms with E-state index in [0.717, 1.165) is 29.1 Å². The van der Waals surface area contributed by atoms with E-state index in [1.165, 1.54) is 12.1 Å². The lowest BCUT2D eigenvalue weighted by Gasteiger charge is -2.35. The second kappa shape index (κ2) is 10.1. The number of nitrogens with two attached hydrogens (primary N) is 1. The normalized spacial score (nSPS) is 21.7. The van der Waals surface area contributed by atoms with Crippen LogP contribution in [-0.2, 0) is 4.79 Å². The zero-order valence-corrected chi connectivity index (χ0v) is 23.1. The van der Waals surface area contributed by atoms with Crippen molar-refractivity contribution < 1.29 is 18.7 Å². The largest absolute Gasteiger partial charge is 0.493 e. The minimum absolute atomic E-state index is 0.0904. The number of nitrogens with zero attached hydrogens (tertiary/aromatic N) is 4. The lowest BCUT2D eigenvalue weighted by Crippen LogP contribution is -2.33. The number of anilines is 1. The maximum Gasteiger partial charge on any atom is 0.266 e. The smallest absolute Gasteiger partial charge is 0.266 e. The summed E-state index contributed by atoms with van der Waals surface area (Å²) in [6.07, 6.45) is 4.90. The average Bonchev–Trinajstić information content (AvgIpc) is 3.23. The van der Waals surface area contributed by atoms with Gasteiger partial charge in [0.2, 0.25) is 5.91 Å². The van der Waals surface area contributed by atoms with E-state index in [9.17, 15) is 14.0 Å². The molecule has 3 aromatic heterocycles. The molecular formula is C30H32FN7O3. The number of pyridine rings is 1. The van der Waals surface area contributed by atoms with Crippen LogP contribution in [0, 0.1) is 31.0 Å². The molecule has 10 nitrogen and oxygen atoms in total. The highest BCUT2D eigenvalue weighted by atomic mass is 19.1. The van der Waals surface area contributed by atoms with Gasteiger partial charge in [0, 0.05) is 40.8 Å². The number of aryl methyl sites for hydroxylation is 2. The first-order valence-electron chi connectivity index (χ1n) is 13.7. The van der Waals surface area contributed by atoms with E-state index in [1.807, 2.05) is 32.9 Å². The number of aromatic amines is 1. The van der Waals surface area contributed by atoms with Crippen molar-refractivity contribution in [1.82, 2.24) is 25.0 Å². The molecule has 4 heterocycles. The van der Waals surface area contributed by atoms with Gasteiger partial charge in [-0.1, -0.05) is 0 Å². The molecule has 11 heteroatoms. The quantitative estimate of drug-likeness (QED) is 0.287. The Bertz CT molecular complexity index is 1610. The van der Waals surface area contributed by atoms with Crippen LogP contribution < -0.4 is 15.8 Å². The number of rotatable bonds is 8. The topological polar surface area (TPSA) is 141 Å². The van der Waals surface area contributed by atoms with Gasteiger partial charge in [-0.2, -0.15) is 10.2 Å². The number of aromatic nitrogens is 5. The first-order chi connectivity index (χ1) is 19.7. The molecule has 4 aromatic rings. The predicted octanol–water partition coefficient (Wildman–Crippen LogP) is 4.69. The Kier molecular flexibility index (Phi) is 6.59. The molecule has 4 N–H and O–H groups in total. The van der Waals surface area contributed by atoms with Gasteiger partial charge in [-0.15, -0.1) is 0 Å². The number of H-pyrrole nitrogens is 1. The number of primary amides is 1. The van der Waals surface area contributed by atoms with Crippen LogP contribution in [0.4, 0.5) is 10.1 Å². The Labute approximate surface area is 236 Å². The van der Waals surface area contributed by atoms with Gasteiger partial charge in [0.1, 0.15) is 17.3 Å². The zero-order valence-electron chi connectivity index (χ0n) is 23.1. The average molecular weight is 558 g/mol. The van der Waals surface area contributed by atoms with Crippen molar-refractivity contribution in [2.24, 2.45) is 17.1 Å². The fourth-order valence-electron chi connectivity index (χ4n) is 6.49. The molecule has 1 aliphatic heterocycles. The van der Waals surface area contributed by atoms with E-state index >= 15 is 0 Å². The van der Waals surface area contributed by atoms with Gasteiger partial charge in [0.25, 0.3) is 5.91 Å². The van der Waals surface area contributed by atoms with E-state index in [2.05, 4.69) is 25.6 Å². The van der Waals surface area contributed by atoms with Crippen LogP contribution in [0.15, 0.2) is 48.8 Å². The Morgan fingerprint density at radius 1 is 1.27 bits per heavy atom. The fraction of sp³-hybridized carbons (Fsp3) is 0.367. The molecule has 1 aromatic carbocycles. The molecule has 41 heavy (non-hydrogen) atoms. The number of carbonyl (C=O) groups is 2. The maximum atomic E-state index is 14.4. The molecule has 2 amide bonds. The van der Waals surface area contributed by atoms with Crippen LogP contribution in [-0.4, -0.2) is 43.4 Å². The maximum absolute atomic E-state index is 14.4. The van der Waals surface area contributed by atoms with Gasteiger partial charge in [-0.05, 0) is 75.9 Å². The van der Waals surface area contributed by atoms with Gasteiger partial charge >= 0.3 is 0 Å². The second-order valence-electron chi connectivity index (χ2n) is 11.3. The van der Waals surface area contributed by atoms with Crippen LogP contribution in [0.5, 0.6) is 5.75 Å². The van der Waals surface area contributed by atoms with Crippen molar-refractivity contribution >= 4 is 17.5 Å². The highest BCUT2D eigenvalue weighted by Gasteiger charge is 2.62. The molecule has 1 fully saturated rings. The third kappa shape index (κ3) is 4.85. The number of carbonyl (C=O) groups excluding carboxylic acids is 2. The number of halogens is 1. The molecule has 0 radical (unpaired) electrons. The molecule has 2 aliphatic rings. The van der Waals surface area contributed by atoms with E-state index in [4.69, 9.17) is 10.5 Å². The van der Waals surface area contributed by atoms with Crippen LogP contribution in [0.25, 0.3) is 11.3 Å². The highest BCUT2D eigenvalue weighted by molar-refractivity contribution is 5.92. The van der Waals surface area contributed by atoms with E-state index in [-0.39, 0.29) is 41.4 Å². The van der Waals surface area contributed by atoms with Gasteiger partial charge in [0.05, 0.1) is 35.9 Å². The van der Waals surface area contributed by atoms with E-state index in [1.54, 1.807) is 29.2 Å². The van der Waals surface area contributed by atoms with Gasteiger partial charge in [-0.3, -0.25) is 24.4 Å². The minimum Gasteiger partial charge on any atom is -0.493 e. The van der Waals surface area contributed by atoms with Crippen LogP contribution >= 0.6 is 0 Å². The molecule has 1 aliphatic carbocycles. The molecule has 0 bridgehead atoms. The lowest BCUT2D eigenvalue weighted by atomic mass is 9.76. The van der Waals surface area contributed by atoms with Crippen molar-refractivity contribution in [3.63, 3.8) is 0 Å². The van der Waals surface area contributed by atoms with Gasteiger partial charge in [0.15, 0.2) is 0 Å². The molecule has 1 saturated carbocycles. The molecule has 1 spiro atoms. The zero-order chi connectivity index (χ0) is 28.9. The standard InChI is InChI=1S/C30H32FN7O3/c1-16(38-25(29(32)40)8-9-34-38)10-19-13-30(19)15-41-26-7-4-20(31)11-22(26)23(30)12-27(39)35-21-5-6-24(33-14-21)28-17(2)36-37-18(28)3/h4-9,11,14,16,19,23H,10,12-13,15H2,1-3H3,(H2,32,40)(H,35,39)(H,36,37). The monoisotopic (exact) mass is 557 g/mol. The van der Waals surface area contributed by atoms with Crippen molar-refractivity contribution in [3.8, 4) is 17.0 Å². The van der Waals surface area contributed by atoms with Crippen LogP contribution in [0.2, 0.25) is 0 Å². The Balaban J connectivity index is 1.21. The van der Waals surface area contributed by atoms with Gasteiger partial charge in [-0.25, -0.2) is 4.39 Å². The van der Waals surface area contributed by atoms with Crippen LogP contribution in [0.1, 0.15) is 65.6 Å². The number of nitrogens with one attached hydrogen (secondary N) is 2. The van der Waals surface area contributed by atoms with E-state index in [0.29, 0.717) is 35.7 Å². The molecular weight excluding hydrogens is 525 g/mol. The van der Waals surface area contributed by atoms with Gasteiger partial charge < -0.3 is 15.8 Å². The first kappa shape index (κ1) is 26.7. The first-order valence-corrected chi connectivity index (χ1v) is 13.7. The van der Waals surface area contributed by atoms with E-state index < -0.39 is 5.91 Å². The molecule has 0 saturated heterocycles. The van der Waals surface area contributed by atoms with Crippen molar-refractivity contribution in [2.75, 3.05) is 11.9 Å². The summed E-state index contributed by atoms with van der Waals surface area (Å²) in [6, 6.07) is 9.69. The summed E-state index contributed by atoms with van der Waals surface area (Å²) in [5, 5.41) is 14.5. The Morgan fingerprint density at radius 2 is 2.10 bits per heavy atom. The summed E-state index contributed by atoms with van der Waals surface area (Å²) in [5.74, 6) is -0.521. The summed E-state index contributed by atoms with van der Waals surface area (Å²) < 4.78 is 22.2. The summed E-state index contributed by atoms with van der Waals surface area (Å²) >= 11 is 0. The number of fused-ring (bicyclic) bond motifs is 1.